The molecule has 3 rings (SSSR count). The lowest BCUT2D eigenvalue weighted by atomic mass is 9.98. The van der Waals surface area contributed by atoms with Crippen molar-refractivity contribution in [2.75, 3.05) is 11.5 Å². The minimum absolute atomic E-state index is 0.132. The number of nitrogens with zero attached hydrogens (tertiary/aromatic N) is 1. The van der Waals surface area contributed by atoms with Crippen molar-refractivity contribution in [3.63, 3.8) is 0 Å². The van der Waals surface area contributed by atoms with E-state index in [0.717, 1.165) is 15.8 Å². The van der Waals surface area contributed by atoms with Crippen LogP contribution < -0.4 is 9.64 Å². The third-order valence-corrected chi connectivity index (χ3v) is 4.57. The molecule has 124 valence electrons. The molecule has 1 aliphatic heterocycles. The number of rotatable bonds is 5. The molecule has 0 saturated carbocycles. The van der Waals surface area contributed by atoms with Crippen LogP contribution in [-0.2, 0) is 16.0 Å². The number of hydrogen-bond donors (Lipinski definition) is 0. The number of carbonyl (C=O) groups is 2. The van der Waals surface area contributed by atoms with E-state index in [1.807, 2.05) is 31.2 Å². The van der Waals surface area contributed by atoms with Gasteiger partial charge in [0.1, 0.15) is 5.75 Å². The van der Waals surface area contributed by atoms with Crippen LogP contribution in [0.2, 0.25) is 0 Å². The molecule has 0 spiro atoms. The van der Waals surface area contributed by atoms with Crippen LogP contribution in [0.1, 0.15) is 18.9 Å². The van der Waals surface area contributed by atoms with Crippen molar-refractivity contribution in [2.24, 2.45) is 5.92 Å². The topological polar surface area (TPSA) is 46.6 Å². The molecule has 0 radical (unpaired) electrons. The van der Waals surface area contributed by atoms with E-state index in [1.54, 1.807) is 24.3 Å². The fourth-order valence-corrected chi connectivity index (χ4v) is 3.15. The van der Waals surface area contributed by atoms with E-state index in [1.165, 1.54) is 4.90 Å². The molecule has 2 amide bonds. The van der Waals surface area contributed by atoms with Crippen molar-refractivity contribution in [1.29, 1.82) is 0 Å². The Bertz CT molecular complexity index is 740. The van der Waals surface area contributed by atoms with Crippen LogP contribution >= 0.6 is 15.9 Å². The Kier molecular flexibility index (Phi) is 5.00. The molecule has 5 heteroatoms. The summed E-state index contributed by atoms with van der Waals surface area (Å²) in [7, 11) is 0. The van der Waals surface area contributed by atoms with Gasteiger partial charge in [-0.3, -0.25) is 14.5 Å². The first kappa shape index (κ1) is 16.7. The molecule has 1 heterocycles. The van der Waals surface area contributed by atoms with Gasteiger partial charge in [-0.15, -0.1) is 0 Å². The third-order valence-electron chi connectivity index (χ3n) is 4.04. The number of ether oxygens (including phenoxy) is 1. The van der Waals surface area contributed by atoms with Crippen molar-refractivity contribution < 1.29 is 14.3 Å². The highest BCUT2D eigenvalue weighted by Gasteiger charge is 2.39. The second-order valence-electron chi connectivity index (χ2n) is 5.73. The fourth-order valence-electron chi connectivity index (χ4n) is 2.89. The third kappa shape index (κ3) is 3.51. The molecule has 2 aromatic rings. The first-order chi connectivity index (χ1) is 11.6. The van der Waals surface area contributed by atoms with Crippen molar-refractivity contribution in [3.05, 3.63) is 58.6 Å². The summed E-state index contributed by atoms with van der Waals surface area (Å²) in [6, 6.07) is 14.9. The van der Waals surface area contributed by atoms with Gasteiger partial charge >= 0.3 is 0 Å². The van der Waals surface area contributed by atoms with Gasteiger partial charge in [0.05, 0.1) is 18.2 Å². The quantitative estimate of drug-likeness (QED) is 0.729. The SMILES string of the molecule is CCOc1ccc(N2C(=O)C[C@@H](Cc3ccc(Br)cc3)C2=O)cc1. The number of anilines is 1. The molecule has 24 heavy (non-hydrogen) atoms. The summed E-state index contributed by atoms with van der Waals surface area (Å²) in [5, 5.41) is 0. The predicted octanol–water partition coefficient (Wildman–Crippen LogP) is 3.97. The highest BCUT2D eigenvalue weighted by Crippen LogP contribution is 2.30. The summed E-state index contributed by atoms with van der Waals surface area (Å²) in [5.41, 5.74) is 1.66. The van der Waals surface area contributed by atoms with Crippen LogP contribution in [0.5, 0.6) is 5.75 Å². The van der Waals surface area contributed by atoms with Gasteiger partial charge in [-0.05, 0) is 55.3 Å². The molecule has 0 N–H and O–H groups in total. The molecule has 1 aliphatic rings. The number of halogens is 1. The minimum atomic E-state index is -0.301. The van der Waals surface area contributed by atoms with Gasteiger partial charge in [-0.25, -0.2) is 0 Å². The summed E-state index contributed by atoms with van der Waals surface area (Å²) in [6.07, 6.45) is 0.827. The van der Waals surface area contributed by atoms with E-state index in [4.69, 9.17) is 4.74 Å². The fraction of sp³-hybridized carbons (Fsp3) is 0.263. The van der Waals surface area contributed by atoms with E-state index < -0.39 is 0 Å². The Morgan fingerprint density at radius 1 is 1.08 bits per heavy atom. The van der Waals surface area contributed by atoms with Crippen LogP contribution in [0.15, 0.2) is 53.0 Å². The van der Waals surface area contributed by atoms with E-state index >= 15 is 0 Å². The molecular weight excluding hydrogens is 370 g/mol. The van der Waals surface area contributed by atoms with Gasteiger partial charge in [-0.1, -0.05) is 28.1 Å². The number of imide groups is 1. The Balaban J connectivity index is 1.74. The van der Waals surface area contributed by atoms with Crippen LogP contribution in [0.25, 0.3) is 0 Å². The summed E-state index contributed by atoms with van der Waals surface area (Å²) in [6.45, 7) is 2.49. The summed E-state index contributed by atoms with van der Waals surface area (Å²) in [5.74, 6) is 0.148. The molecule has 1 atom stereocenters. The van der Waals surface area contributed by atoms with Crippen molar-refractivity contribution in [1.82, 2.24) is 0 Å². The summed E-state index contributed by atoms with van der Waals surface area (Å²) in [4.78, 5) is 26.3. The molecule has 0 aliphatic carbocycles. The van der Waals surface area contributed by atoms with E-state index in [-0.39, 0.29) is 24.2 Å². The van der Waals surface area contributed by atoms with Gasteiger partial charge in [0.25, 0.3) is 0 Å². The Hall–Kier alpha value is -2.14. The highest BCUT2D eigenvalue weighted by atomic mass is 79.9. The predicted molar refractivity (Wildman–Crippen MR) is 96.1 cm³/mol. The molecule has 0 bridgehead atoms. The zero-order valence-electron chi connectivity index (χ0n) is 13.4. The normalized spacial score (nSPS) is 17.4. The van der Waals surface area contributed by atoms with Gasteiger partial charge < -0.3 is 4.74 Å². The summed E-state index contributed by atoms with van der Waals surface area (Å²) < 4.78 is 6.39. The average molecular weight is 388 g/mol. The molecule has 2 aromatic carbocycles. The maximum Gasteiger partial charge on any atom is 0.237 e. The van der Waals surface area contributed by atoms with Gasteiger partial charge in [0, 0.05) is 10.9 Å². The smallest absolute Gasteiger partial charge is 0.237 e. The van der Waals surface area contributed by atoms with Crippen molar-refractivity contribution >= 4 is 33.4 Å². The Morgan fingerprint density at radius 3 is 2.38 bits per heavy atom. The Labute approximate surface area is 149 Å². The summed E-state index contributed by atoms with van der Waals surface area (Å²) >= 11 is 3.40. The van der Waals surface area contributed by atoms with E-state index in [0.29, 0.717) is 18.7 Å². The highest BCUT2D eigenvalue weighted by molar-refractivity contribution is 9.10. The maximum absolute atomic E-state index is 12.7. The van der Waals surface area contributed by atoms with Gasteiger partial charge in [0.15, 0.2) is 0 Å². The van der Waals surface area contributed by atoms with Crippen molar-refractivity contribution in [3.8, 4) is 5.75 Å². The second kappa shape index (κ2) is 7.18. The first-order valence-electron chi connectivity index (χ1n) is 7.92. The van der Waals surface area contributed by atoms with Crippen molar-refractivity contribution in [2.45, 2.75) is 19.8 Å². The van der Waals surface area contributed by atoms with E-state index in [9.17, 15) is 9.59 Å². The number of hydrogen-bond acceptors (Lipinski definition) is 3. The molecule has 1 fully saturated rings. The standard InChI is InChI=1S/C19H18BrNO3/c1-2-24-17-9-7-16(8-10-17)21-18(22)12-14(19(21)23)11-13-3-5-15(20)6-4-13/h3-10,14H,2,11-12H2,1H3/t14-/m1/s1. The van der Waals surface area contributed by atoms with Crippen LogP contribution in [0.3, 0.4) is 0 Å². The monoisotopic (exact) mass is 387 g/mol. The first-order valence-corrected chi connectivity index (χ1v) is 8.72. The number of benzene rings is 2. The van der Waals surface area contributed by atoms with Crippen LogP contribution in [-0.4, -0.2) is 18.4 Å². The van der Waals surface area contributed by atoms with Gasteiger partial charge in [0.2, 0.25) is 11.8 Å². The number of carbonyl (C=O) groups excluding carboxylic acids is 2. The van der Waals surface area contributed by atoms with E-state index in [2.05, 4.69) is 15.9 Å². The molecular formula is C19H18BrNO3. The average Bonchev–Trinajstić information content (AvgIpc) is 2.85. The second-order valence-corrected chi connectivity index (χ2v) is 6.64. The van der Waals surface area contributed by atoms with Gasteiger partial charge in [-0.2, -0.15) is 0 Å². The number of amides is 2. The maximum atomic E-state index is 12.7. The lowest BCUT2D eigenvalue weighted by molar-refractivity contribution is -0.122. The lowest BCUT2D eigenvalue weighted by Crippen LogP contribution is -2.30. The lowest BCUT2D eigenvalue weighted by Gasteiger charge is -2.15. The molecule has 1 saturated heterocycles. The Morgan fingerprint density at radius 2 is 1.75 bits per heavy atom. The zero-order valence-corrected chi connectivity index (χ0v) is 15.0. The molecule has 4 nitrogen and oxygen atoms in total. The van der Waals surface area contributed by atoms with Crippen LogP contribution in [0, 0.1) is 5.92 Å². The largest absolute Gasteiger partial charge is 0.494 e. The van der Waals surface area contributed by atoms with Crippen LogP contribution in [0.4, 0.5) is 5.69 Å². The molecule has 0 unspecified atom stereocenters. The minimum Gasteiger partial charge on any atom is -0.494 e. The molecule has 0 aromatic heterocycles. The zero-order chi connectivity index (χ0) is 17.1.